The third-order valence-corrected chi connectivity index (χ3v) is 4.54. The summed E-state index contributed by atoms with van der Waals surface area (Å²) in [5.74, 6) is -1.74. The van der Waals surface area contributed by atoms with E-state index in [4.69, 9.17) is 4.74 Å². The zero-order valence-electron chi connectivity index (χ0n) is 15.5. The van der Waals surface area contributed by atoms with Gasteiger partial charge in [0.25, 0.3) is 5.91 Å². The van der Waals surface area contributed by atoms with Crippen LogP contribution < -0.4 is 0 Å². The zero-order valence-corrected chi connectivity index (χ0v) is 15.5. The van der Waals surface area contributed by atoms with Gasteiger partial charge in [-0.15, -0.1) is 0 Å². The normalized spacial score (nSPS) is 16.9. The first kappa shape index (κ1) is 19.9. The van der Waals surface area contributed by atoms with Crippen molar-refractivity contribution < 1.29 is 23.5 Å². The number of likely N-dealkylation sites (tertiary alicyclic amines) is 1. The SMILES string of the molecule is CCOC(=O)C1CCCN(C(=O)CN(C)C(=O)c2cc(F)ccc2C)C1. The Morgan fingerprint density at radius 2 is 2.08 bits per heavy atom. The molecule has 1 fully saturated rings. The van der Waals surface area contributed by atoms with Crippen LogP contribution >= 0.6 is 0 Å². The van der Waals surface area contributed by atoms with E-state index in [0.717, 1.165) is 6.42 Å². The monoisotopic (exact) mass is 364 g/mol. The average molecular weight is 364 g/mol. The molecule has 1 unspecified atom stereocenters. The van der Waals surface area contributed by atoms with E-state index in [2.05, 4.69) is 0 Å². The third kappa shape index (κ3) is 4.80. The second-order valence-corrected chi connectivity index (χ2v) is 6.55. The van der Waals surface area contributed by atoms with Crippen LogP contribution in [-0.2, 0) is 14.3 Å². The summed E-state index contributed by atoms with van der Waals surface area (Å²) >= 11 is 0. The number of halogens is 1. The molecule has 142 valence electrons. The quantitative estimate of drug-likeness (QED) is 0.750. The number of carbonyl (C=O) groups excluding carboxylic acids is 3. The molecule has 2 rings (SSSR count). The molecule has 1 atom stereocenters. The maximum Gasteiger partial charge on any atom is 0.310 e. The van der Waals surface area contributed by atoms with Crippen LogP contribution in [-0.4, -0.2) is 60.9 Å². The van der Waals surface area contributed by atoms with E-state index >= 15 is 0 Å². The predicted molar refractivity (Wildman–Crippen MR) is 94.0 cm³/mol. The highest BCUT2D eigenvalue weighted by molar-refractivity contribution is 5.97. The molecular weight excluding hydrogens is 339 g/mol. The summed E-state index contributed by atoms with van der Waals surface area (Å²) in [6, 6.07) is 4.00. The van der Waals surface area contributed by atoms with Crippen molar-refractivity contribution in [3.05, 3.63) is 35.1 Å². The van der Waals surface area contributed by atoms with Gasteiger partial charge < -0.3 is 14.5 Å². The average Bonchev–Trinajstić information content (AvgIpc) is 2.63. The van der Waals surface area contributed by atoms with Crippen molar-refractivity contribution in [2.24, 2.45) is 5.92 Å². The van der Waals surface area contributed by atoms with E-state index in [1.54, 1.807) is 18.7 Å². The van der Waals surface area contributed by atoms with Gasteiger partial charge in [-0.05, 0) is 44.4 Å². The minimum absolute atomic E-state index is 0.121. The lowest BCUT2D eigenvalue weighted by Gasteiger charge is -2.32. The Morgan fingerprint density at radius 1 is 1.35 bits per heavy atom. The fourth-order valence-electron chi connectivity index (χ4n) is 3.06. The number of rotatable bonds is 5. The van der Waals surface area contributed by atoms with Crippen molar-refractivity contribution in [2.75, 3.05) is 33.3 Å². The fraction of sp³-hybridized carbons (Fsp3) is 0.526. The van der Waals surface area contributed by atoms with Gasteiger partial charge in [0.1, 0.15) is 5.82 Å². The van der Waals surface area contributed by atoms with Gasteiger partial charge in [0.05, 0.1) is 19.1 Å². The minimum atomic E-state index is -0.494. The highest BCUT2D eigenvalue weighted by Crippen LogP contribution is 2.19. The largest absolute Gasteiger partial charge is 0.466 e. The molecule has 0 aromatic heterocycles. The van der Waals surface area contributed by atoms with Gasteiger partial charge in [-0.2, -0.15) is 0 Å². The van der Waals surface area contributed by atoms with Gasteiger partial charge in [-0.25, -0.2) is 4.39 Å². The molecule has 26 heavy (non-hydrogen) atoms. The first-order valence-electron chi connectivity index (χ1n) is 8.79. The number of nitrogens with zero attached hydrogens (tertiary/aromatic N) is 2. The van der Waals surface area contributed by atoms with E-state index in [1.807, 2.05) is 0 Å². The van der Waals surface area contributed by atoms with Gasteiger partial charge in [-0.3, -0.25) is 14.4 Å². The number of esters is 1. The number of benzene rings is 1. The highest BCUT2D eigenvalue weighted by Gasteiger charge is 2.30. The Kier molecular flexibility index (Phi) is 6.71. The number of hydrogen-bond acceptors (Lipinski definition) is 4. The third-order valence-electron chi connectivity index (χ3n) is 4.54. The smallest absolute Gasteiger partial charge is 0.310 e. The Balaban J connectivity index is 1.98. The summed E-state index contributed by atoms with van der Waals surface area (Å²) in [5, 5.41) is 0. The lowest BCUT2D eigenvalue weighted by atomic mass is 9.98. The topological polar surface area (TPSA) is 66.9 Å². The molecular formula is C19H25FN2O4. The summed E-state index contributed by atoms with van der Waals surface area (Å²) in [4.78, 5) is 39.8. The lowest BCUT2D eigenvalue weighted by Crippen LogP contribution is -2.47. The van der Waals surface area contributed by atoms with Crippen molar-refractivity contribution in [2.45, 2.75) is 26.7 Å². The Bertz CT molecular complexity index is 692. The molecule has 1 aromatic carbocycles. The van der Waals surface area contributed by atoms with E-state index in [-0.39, 0.29) is 29.9 Å². The van der Waals surface area contributed by atoms with Crippen molar-refractivity contribution in [3.8, 4) is 0 Å². The van der Waals surface area contributed by atoms with E-state index in [1.165, 1.54) is 30.1 Å². The molecule has 0 aliphatic carbocycles. The molecule has 2 amide bonds. The van der Waals surface area contributed by atoms with Crippen LogP contribution in [0.4, 0.5) is 4.39 Å². The molecule has 1 heterocycles. The van der Waals surface area contributed by atoms with Gasteiger partial charge in [-0.1, -0.05) is 6.07 Å². The molecule has 0 spiro atoms. The summed E-state index contributed by atoms with van der Waals surface area (Å²) < 4.78 is 18.5. The van der Waals surface area contributed by atoms with Crippen LogP contribution in [0.5, 0.6) is 0 Å². The standard InChI is InChI=1S/C19H25FN2O4/c1-4-26-19(25)14-6-5-9-22(11-14)17(23)12-21(3)18(24)16-10-15(20)8-7-13(16)2/h7-8,10,14H,4-6,9,11-12H2,1-3H3. The van der Waals surface area contributed by atoms with E-state index in [0.29, 0.717) is 31.7 Å². The highest BCUT2D eigenvalue weighted by atomic mass is 19.1. The number of hydrogen-bond donors (Lipinski definition) is 0. The molecule has 1 saturated heterocycles. The lowest BCUT2D eigenvalue weighted by molar-refractivity contribution is -0.151. The number of carbonyl (C=O) groups is 3. The van der Waals surface area contributed by atoms with Gasteiger partial charge >= 0.3 is 5.97 Å². The molecule has 1 aromatic rings. The van der Waals surface area contributed by atoms with Gasteiger partial charge in [0.15, 0.2) is 0 Å². The first-order valence-corrected chi connectivity index (χ1v) is 8.79. The number of piperidine rings is 1. The maximum absolute atomic E-state index is 13.4. The van der Waals surface area contributed by atoms with Crippen LogP contribution in [0.2, 0.25) is 0 Å². The molecule has 1 aliphatic heterocycles. The minimum Gasteiger partial charge on any atom is -0.466 e. The molecule has 6 nitrogen and oxygen atoms in total. The van der Waals surface area contributed by atoms with E-state index in [9.17, 15) is 18.8 Å². The second kappa shape index (κ2) is 8.78. The second-order valence-electron chi connectivity index (χ2n) is 6.55. The molecule has 0 N–H and O–H groups in total. The summed E-state index contributed by atoms with van der Waals surface area (Å²) in [5.41, 5.74) is 0.888. The van der Waals surface area contributed by atoms with E-state index < -0.39 is 11.7 Å². The van der Waals surface area contributed by atoms with Crippen LogP contribution in [0.1, 0.15) is 35.7 Å². The summed E-state index contributed by atoms with van der Waals surface area (Å²) in [6.45, 7) is 4.52. The summed E-state index contributed by atoms with van der Waals surface area (Å²) in [6.07, 6.45) is 1.41. The number of amides is 2. The number of ether oxygens (including phenoxy) is 1. The zero-order chi connectivity index (χ0) is 19.3. The van der Waals surface area contributed by atoms with Gasteiger partial charge in [0.2, 0.25) is 5.91 Å². The van der Waals surface area contributed by atoms with Crippen LogP contribution in [0, 0.1) is 18.7 Å². The van der Waals surface area contributed by atoms with Crippen molar-refractivity contribution in [1.82, 2.24) is 9.80 Å². The van der Waals surface area contributed by atoms with Crippen molar-refractivity contribution in [1.29, 1.82) is 0 Å². The van der Waals surface area contributed by atoms with Crippen LogP contribution in [0.15, 0.2) is 18.2 Å². The van der Waals surface area contributed by atoms with Crippen molar-refractivity contribution in [3.63, 3.8) is 0 Å². The summed E-state index contributed by atoms with van der Waals surface area (Å²) in [7, 11) is 1.51. The van der Waals surface area contributed by atoms with Crippen molar-refractivity contribution >= 4 is 17.8 Å². The first-order chi connectivity index (χ1) is 12.3. The molecule has 7 heteroatoms. The molecule has 1 aliphatic rings. The predicted octanol–water partition coefficient (Wildman–Crippen LogP) is 2.01. The van der Waals surface area contributed by atoms with Crippen LogP contribution in [0.3, 0.4) is 0 Å². The van der Waals surface area contributed by atoms with Gasteiger partial charge in [0, 0.05) is 25.7 Å². The Morgan fingerprint density at radius 3 is 2.77 bits per heavy atom. The number of aryl methyl sites for hydroxylation is 1. The molecule has 0 bridgehead atoms. The number of likely N-dealkylation sites (N-methyl/N-ethyl adjacent to an activating group) is 1. The molecule has 0 saturated carbocycles. The molecule has 0 radical (unpaired) electrons. The fourth-order valence-corrected chi connectivity index (χ4v) is 3.06. The van der Waals surface area contributed by atoms with Crippen LogP contribution in [0.25, 0.3) is 0 Å². The Hall–Kier alpha value is -2.44. The Labute approximate surface area is 152 Å². The maximum atomic E-state index is 13.4.